The van der Waals surface area contributed by atoms with Gasteiger partial charge in [-0.2, -0.15) is 5.10 Å². The van der Waals surface area contributed by atoms with Crippen LogP contribution < -0.4 is 11.1 Å². The number of hydrogen-bond acceptors (Lipinski definition) is 4. The zero-order valence-electron chi connectivity index (χ0n) is 8.16. The summed E-state index contributed by atoms with van der Waals surface area (Å²) in [6.45, 7) is 2.85. The Balaban J connectivity index is 2.22. The van der Waals surface area contributed by atoms with E-state index in [1.165, 1.54) is 6.33 Å². The lowest BCUT2D eigenvalue weighted by Crippen LogP contribution is -2.27. The highest BCUT2D eigenvalue weighted by atomic mass is 16.1. The van der Waals surface area contributed by atoms with Crippen molar-refractivity contribution in [1.82, 2.24) is 20.5 Å². The van der Waals surface area contributed by atoms with Gasteiger partial charge in [0.05, 0.1) is 6.54 Å². The number of nitrogens with two attached hydrogens (primary N) is 1. The Morgan fingerprint density at radius 1 is 1.79 bits per heavy atom. The van der Waals surface area contributed by atoms with Gasteiger partial charge in [0, 0.05) is 6.42 Å². The van der Waals surface area contributed by atoms with Crippen molar-refractivity contribution in [1.29, 1.82) is 0 Å². The quantitative estimate of drug-likeness (QED) is 0.587. The highest BCUT2D eigenvalue weighted by Crippen LogP contribution is 1.98. The lowest BCUT2D eigenvalue weighted by Gasteiger charge is -2.07. The largest absolute Gasteiger partial charge is 0.349 e. The molecule has 1 aromatic heterocycles. The number of nitrogens with zero attached hydrogens (tertiary/aromatic N) is 2. The van der Waals surface area contributed by atoms with E-state index in [0.717, 1.165) is 0 Å². The average molecular weight is 197 g/mol. The number of aromatic nitrogens is 3. The van der Waals surface area contributed by atoms with Gasteiger partial charge in [0.2, 0.25) is 5.91 Å². The van der Waals surface area contributed by atoms with Crippen LogP contribution in [-0.4, -0.2) is 27.6 Å². The third-order valence-electron chi connectivity index (χ3n) is 1.85. The van der Waals surface area contributed by atoms with Gasteiger partial charge in [0.1, 0.15) is 12.2 Å². The second kappa shape index (κ2) is 5.33. The molecule has 1 atom stereocenters. The van der Waals surface area contributed by atoms with E-state index in [-0.39, 0.29) is 11.8 Å². The third-order valence-corrected chi connectivity index (χ3v) is 1.85. The zero-order valence-corrected chi connectivity index (χ0v) is 8.16. The molecule has 4 N–H and O–H groups in total. The summed E-state index contributed by atoms with van der Waals surface area (Å²) in [5.41, 5.74) is 5.40. The molecule has 1 rings (SSSR count). The van der Waals surface area contributed by atoms with Crippen LogP contribution in [-0.2, 0) is 11.3 Å². The van der Waals surface area contributed by atoms with Crippen LogP contribution in [0.2, 0.25) is 0 Å². The number of carbonyl (C=O) groups is 1. The number of rotatable bonds is 5. The normalized spacial score (nSPS) is 12.4. The smallest absolute Gasteiger partial charge is 0.220 e. The van der Waals surface area contributed by atoms with Gasteiger partial charge in [0.25, 0.3) is 0 Å². The number of carbonyl (C=O) groups excluding carboxylic acids is 1. The molecule has 0 bridgehead atoms. The molecule has 0 radical (unpaired) electrons. The number of aromatic amines is 1. The Hall–Kier alpha value is -1.43. The standard InChI is InChI=1S/C8H15N5O/c1-6(3-9)2-8(14)10-4-7-11-5-12-13-7/h5-6H,2-4,9H2,1H3,(H,10,14)(H,11,12,13). The minimum Gasteiger partial charge on any atom is -0.349 e. The van der Waals surface area contributed by atoms with Crippen LogP contribution in [0.5, 0.6) is 0 Å². The molecule has 0 spiro atoms. The van der Waals surface area contributed by atoms with Gasteiger partial charge >= 0.3 is 0 Å². The predicted octanol–water partition coefficient (Wildman–Crippen LogP) is -0.594. The van der Waals surface area contributed by atoms with Crippen LogP contribution in [0.25, 0.3) is 0 Å². The van der Waals surface area contributed by atoms with Gasteiger partial charge in [0.15, 0.2) is 0 Å². The number of nitrogens with one attached hydrogen (secondary N) is 2. The lowest BCUT2D eigenvalue weighted by atomic mass is 10.1. The van der Waals surface area contributed by atoms with Crippen molar-refractivity contribution < 1.29 is 4.79 Å². The molecule has 0 saturated carbocycles. The van der Waals surface area contributed by atoms with E-state index in [0.29, 0.717) is 25.3 Å². The predicted molar refractivity (Wildman–Crippen MR) is 51.1 cm³/mol. The van der Waals surface area contributed by atoms with Crippen molar-refractivity contribution in [3.05, 3.63) is 12.2 Å². The highest BCUT2D eigenvalue weighted by Gasteiger charge is 2.07. The fraction of sp³-hybridized carbons (Fsp3) is 0.625. The molecule has 0 aliphatic heterocycles. The Morgan fingerprint density at radius 3 is 3.14 bits per heavy atom. The first-order valence-corrected chi connectivity index (χ1v) is 4.53. The second-order valence-electron chi connectivity index (χ2n) is 3.25. The first kappa shape index (κ1) is 10.6. The summed E-state index contributed by atoms with van der Waals surface area (Å²) in [5, 5.41) is 9.05. The third kappa shape index (κ3) is 3.53. The monoisotopic (exact) mass is 197 g/mol. The molecule has 6 nitrogen and oxygen atoms in total. The van der Waals surface area contributed by atoms with Crippen LogP contribution in [0, 0.1) is 5.92 Å². The Labute approximate surface area is 82.3 Å². The molecular weight excluding hydrogens is 182 g/mol. The molecule has 78 valence electrons. The minimum absolute atomic E-state index is 0.0145. The van der Waals surface area contributed by atoms with Crippen LogP contribution in [0.3, 0.4) is 0 Å². The first-order chi connectivity index (χ1) is 6.72. The SMILES string of the molecule is CC(CN)CC(=O)NCc1ncn[nH]1. The topological polar surface area (TPSA) is 96.7 Å². The second-order valence-corrected chi connectivity index (χ2v) is 3.25. The molecule has 1 aromatic rings. The van der Waals surface area contributed by atoms with E-state index in [2.05, 4.69) is 20.5 Å². The van der Waals surface area contributed by atoms with Crippen molar-refractivity contribution in [2.24, 2.45) is 11.7 Å². The maximum Gasteiger partial charge on any atom is 0.220 e. The summed E-state index contributed by atoms with van der Waals surface area (Å²) in [6, 6.07) is 0. The van der Waals surface area contributed by atoms with Crippen LogP contribution in [0.1, 0.15) is 19.2 Å². The Kier molecular flexibility index (Phi) is 4.06. The van der Waals surface area contributed by atoms with Gasteiger partial charge in [-0.3, -0.25) is 9.89 Å². The summed E-state index contributed by atoms with van der Waals surface area (Å²) in [7, 11) is 0. The molecular formula is C8H15N5O. The minimum atomic E-state index is -0.0145. The van der Waals surface area contributed by atoms with E-state index in [9.17, 15) is 4.79 Å². The van der Waals surface area contributed by atoms with E-state index >= 15 is 0 Å². The number of hydrogen-bond donors (Lipinski definition) is 3. The van der Waals surface area contributed by atoms with Crippen molar-refractivity contribution in [3.63, 3.8) is 0 Å². The van der Waals surface area contributed by atoms with Crippen molar-refractivity contribution in [3.8, 4) is 0 Å². The van der Waals surface area contributed by atoms with E-state index in [1.54, 1.807) is 0 Å². The average Bonchev–Trinajstić information content (AvgIpc) is 2.67. The van der Waals surface area contributed by atoms with E-state index < -0.39 is 0 Å². The van der Waals surface area contributed by atoms with Crippen LogP contribution >= 0.6 is 0 Å². The summed E-state index contributed by atoms with van der Waals surface area (Å²) in [6.07, 6.45) is 1.86. The zero-order chi connectivity index (χ0) is 10.4. The maximum atomic E-state index is 11.3. The summed E-state index contributed by atoms with van der Waals surface area (Å²) < 4.78 is 0. The molecule has 0 aliphatic rings. The van der Waals surface area contributed by atoms with Crippen molar-refractivity contribution in [2.75, 3.05) is 6.54 Å². The van der Waals surface area contributed by atoms with Gasteiger partial charge in [-0.15, -0.1) is 0 Å². The van der Waals surface area contributed by atoms with E-state index in [1.807, 2.05) is 6.92 Å². The van der Waals surface area contributed by atoms with E-state index in [4.69, 9.17) is 5.73 Å². The maximum absolute atomic E-state index is 11.3. The van der Waals surface area contributed by atoms with Gasteiger partial charge in [-0.05, 0) is 12.5 Å². The summed E-state index contributed by atoms with van der Waals surface area (Å²) in [4.78, 5) is 15.2. The first-order valence-electron chi connectivity index (χ1n) is 4.53. The van der Waals surface area contributed by atoms with Crippen molar-refractivity contribution in [2.45, 2.75) is 19.9 Å². The molecule has 1 unspecified atom stereocenters. The molecule has 0 aromatic carbocycles. The Morgan fingerprint density at radius 2 is 2.57 bits per heavy atom. The fourth-order valence-corrected chi connectivity index (χ4v) is 0.970. The van der Waals surface area contributed by atoms with Gasteiger partial charge in [-0.25, -0.2) is 4.98 Å². The summed E-state index contributed by atoms with van der Waals surface area (Å²) >= 11 is 0. The van der Waals surface area contributed by atoms with Crippen molar-refractivity contribution >= 4 is 5.91 Å². The fourth-order valence-electron chi connectivity index (χ4n) is 0.970. The molecule has 0 aliphatic carbocycles. The Bertz CT molecular complexity index is 271. The molecule has 0 saturated heterocycles. The number of amides is 1. The highest BCUT2D eigenvalue weighted by molar-refractivity contribution is 5.75. The van der Waals surface area contributed by atoms with Gasteiger partial charge < -0.3 is 11.1 Å². The van der Waals surface area contributed by atoms with Crippen LogP contribution in [0.15, 0.2) is 6.33 Å². The lowest BCUT2D eigenvalue weighted by molar-refractivity contribution is -0.122. The molecule has 1 amide bonds. The molecule has 1 heterocycles. The number of H-pyrrole nitrogens is 1. The molecule has 14 heavy (non-hydrogen) atoms. The summed E-state index contributed by atoms with van der Waals surface area (Å²) in [5.74, 6) is 0.850. The van der Waals surface area contributed by atoms with Gasteiger partial charge in [-0.1, -0.05) is 6.92 Å². The van der Waals surface area contributed by atoms with Crippen LogP contribution in [0.4, 0.5) is 0 Å². The molecule has 0 fully saturated rings. The molecule has 6 heteroatoms.